The summed E-state index contributed by atoms with van der Waals surface area (Å²) in [4.78, 5) is 4.09. The van der Waals surface area contributed by atoms with Gasteiger partial charge in [0.05, 0.1) is 12.7 Å². The summed E-state index contributed by atoms with van der Waals surface area (Å²) in [6.45, 7) is 3.80. The van der Waals surface area contributed by atoms with Crippen LogP contribution in [0.25, 0.3) is 0 Å². The Bertz CT molecular complexity index is 731. The van der Waals surface area contributed by atoms with Crippen LogP contribution in [-0.2, 0) is 0 Å². The number of hydrogen-bond donors (Lipinski definition) is 4. The van der Waals surface area contributed by atoms with E-state index in [1.165, 1.54) is 0 Å². The van der Waals surface area contributed by atoms with Crippen molar-refractivity contribution in [2.24, 2.45) is 16.5 Å². The molecule has 1 aromatic rings. The standard InChI is InChI=1S/C17H22N4O3/c1-11(2)13-10-14(23-3)12(5-4-8-22)9-15(13)24-17(19)20-7-6-16(18)21-17/h6-7,9-11,20,22H,8,19H2,1-3H3,(H2,18,21). The maximum atomic E-state index is 8.92. The Balaban J connectivity index is 2.49. The Morgan fingerprint density at radius 1 is 1.38 bits per heavy atom. The molecule has 1 aliphatic rings. The summed E-state index contributed by atoms with van der Waals surface area (Å²) in [5.74, 6) is 5.45. The third-order valence-corrected chi connectivity index (χ3v) is 3.36. The monoisotopic (exact) mass is 330 g/mol. The van der Waals surface area contributed by atoms with Crippen LogP contribution in [-0.4, -0.2) is 30.6 Å². The molecule has 24 heavy (non-hydrogen) atoms. The SMILES string of the molecule is COc1cc(C(C)C)c(OC2(N)N=C(N)C=CN2)cc1C#CCO. The average Bonchev–Trinajstić information content (AvgIpc) is 2.51. The van der Waals surface area contributed by atoms with Gasteiger partial charge in [0, 0.05) is 17.8 Å². The molecule has 1 aliphatic heterocycles. The molecule has 0 saturated carbocycles. The Morgan fingerprint density at radius 3 is 2.71 bits per heavy atom. The number of aliphatic hydroxyl groups is 1. The average molecular weight is 330 g/mol. The number of aliphatic imine (C=N–C) groups is 1. The summed E-state index contributed by atoms with van der Waals surface area (Å²) in [5, 5.41) is 11.8. The largest absolute Gasteiger partial charge is 0.495 e. The number of methoxy groups -OCH3 is 1. The number of benzene rings is 1. The minimum absolute atomic E-state index is 0.151. The van der Waals surface area contributed by atoms with Crippen LogP contribution >= 0.6 is 0 Å². The van der Waals surface area contributed by atoms with Gasteiger partial charge in [0.2, 0.25) is 0 Å². The van der Waals surface area contributed by atoms with Crippen LogP contribution in [0.1, 0.15) is 30.9 Å². The minimum Gasteiger partial charge on any atom is -0.495 e. The van der Waals surface area contributed by atoms with E-state index in [4.69, 9.17) is 26.0 Å². The highest BCUT2D eigenvalue weighted by Crippen LogP contribution is 2.34. The predicted octanol–water partition coefficient (Wildman–Crippen LogP) is 0.585. The van der Waals surface area contributed by atoms with Crippen molar-refractivity contribution in [3.05, 3.63) is 35.5 Å². The summed E-state index contributed by atoms with van der Waals surface area (Å²) in [6.07, 6.45) is 3.16. The molecule has 1 heterocycles. The van der Waals surface area contributed by atoms with E-state index in [1.54, 1.807) is 25.5 Å². The molecule has 0 spiro atoms. The topological polar surface area (TPSA) is 115 Å². The van der Waals surface area contributed by atoms with Crippen LogP contribution in [0.2, 0.25) is 0 Å². The van der Waals surface area contributed by atoms with E-state index < -0.39 is 5.97 Å². The van der Waals surface area contributed by atoms with Gasteiger partial charge in [-0.15, -0.1) is 0 Å². The summed E-state index contributed by atoms with van der Waals surface area (Å²) >= 11 is 0. The van der Waals surface area contributed by atoms with E-state index in [-0.39, 0.29) is 18.4 Å². The highest BCUT2D eigenvalue weighted by Gasteiger charge is 2.29. The van der Waals surface area contributed by atoms with E-state index in [1.807, 2.05) is 19.9 Å². The molecule has 1 atom stereocenters. The molecular formula is C17H22N4O3. The summed E-state index contributed by atoms with van der Waals surface area (Å²) in [5.41, 5.74) is 13.3. The van der Waals surface area contributed by atoms with E-state index >= 15 is 0 Å². The fourth-order valence-electron chi connectivity index (χ4n) is 2.24. The van der Waals surface area contributed by atoms with Crippen molar-refractivity contribution >= 4 is 5.84 Å². The van der Waals surface area contributed by atoms with Crippen LogP contribution in [0.5, 0.6) is 11.5 Å². The molecular weight excluding hydrogens is 308 g/mol. The maximum absolute atomic E-state index is 8.92. The number of hydrogen-bond acceptors (Lipinski definition) is 7. The zero-order valence-corrected chi connectivity index (χ0v) is 14.0. The smallest absolute Gasteiger partial charge is 0.342 e. The number of nitrogens with zero attached hydrogens (tertiary/aromatic N) is 1. The lowest BCUT2D eigenvalue weighted by atomic mass is 9.99. The first kappa shape index (κ1) is 17.7. The molecule has 7 nitrogen and oxygen atoms in total. The van der Waals surface area contributed by atoms with Crippen LogP contribution in [0.15, 0.2) is 29.4 Å². The van der Waals surface area contributed by atoms with Gasteiger partial charge >= 0.3 is 5.97 Å². The quantitative estimate of drug-likeness (QED) is 0.474. The van der Waals surface area contributed by atoms with Gasteiger partial charge in [0.1, 0.15) is 23.9 Å². The molecule has 1 unspecified atom stereocenters. The third kappa shape index (κ3) is 3.98. The molecule has 1 aromatic carbocycles. The summed E-state index contributed by atoms with van der Waals surface area (Å²) in [7, 11) is 1.56. The van der Waals surface area contributed by atoms with Crippen molar-refractivity contribution in [3.8, 4) is 23.3 Å². The normalized spacial score (nSPS) is 19.2. The fraction of sp³-hybridized carbons (Fsp3) is 0.353. The van der Waals surface area contributed by atoms with Gasteiger partial charge < -0.3 is 25.6 Å². The Labute approximate surface area is 141 Å². The molecule has 7 heteroatoms. The molecule has 0 radical (unpaired) electrons. The number of aliphatic hydroxyl groups excluding tert-OH is 1. The second-order valence-electron chi connectivity index (χ2n) is 5.52. The van der Waals surface area contributed by atoms with Crippen molar-refractivity contribution < 1.29 is 14.6 Å². The second-order valence-corrected chi connectivity index (χ2v) is 5.52. The van der Waals surface area contributed by atoms with Gasteiger partial charge in [0.15, 0.2) is 0 Å². The highest BCUT2D eigenvalue weighted by molar-refractivity contribution is 5.92. The molecule has 6 N–H and O–H groups in total. The zero-order valence-electron chi connectivity index (χ0n) is 14.0. The van der Waals surface area contributed by atoms with Gasteiger partial charge in [-0.3, -0.25) is 5.73 Å². The van der Waals surface area contributed by atoms with Crippen LogP contribution in [0.4, 0.5) is 0 Å². The van der Waals surface area contributed by atoms with Gasteiger partial charge in [-0.05, 0) is 18.1 Å². The zero-order chi connectivity index (χ0) is 17.7. The number of nitrogens with two attached hydrogens (primary N) is 2. The van der Waals surface area contributed by atoms with Gasteiger partial charge in [-0.1, -0.05) is 25.7 Å². The van der Waals surface area contributed by atoms with E-state index in [2.05, 4.69) is 22.2 Å². The van der Waals surface area contributed by atoms with Gasteiger partial charge in [0.25, 0.3) is 0 Å². The molecule has 0 fully saturated rings. The molecule has 128 valence electrons. The first-order valence-electron chi connectivity index (χ1n) is 7.47. The first-order valence-corrected chi connectivity index (χ1v) is 7.47. The molecule has 0 aromatic heterocycles. The van der Waals surface area contributed by atoms with Crippen molar-refractivity contribution in [1.82, 2.24) is 5.32 Å². The number of amidine groups is 1. The molecule has 0 amide bonds. The van der Waals surface area contributed by atoms with Crippen LogP contribution in [0.3, 0.4) is 0 Å². The lowest BCUT2D eigenvalue weighted by Gasteiger charge is -2.30. The van der Waals surface area contributed by atoms with Crippen molar-refractivity contribution in [2.75, 3.05) is 13.7 Å². The second kappa shape index (κ2) is 7.25. The molecule has 0 aliphatic carbocycles. The van der Waals surface area contributed by atoms with Crippen molar-refractivity contribution in [3.63, 3.8) is 0 Å². The van der Waals surface area contributed by atoms with Crippen molar-refractivity contribution in [2.45, 2.75) is 25.7 Å². The fourth-order valence-corrected chi connectivity index (χ4v) is 2.24. The molecule has 0 saturated heterocycles. The Morgan fingerprint density at radius 2 is 2.12 bits per heavy atom. The van der Waals surface area contributed by atoms with E-state index in [0.717, 1.165) is 5.56 Å². The van der Waals surface area contributed by atoms with Gasteiger partial charge in [-0.2, -0.15) is 4.99 Å². The third-order valence-electron chi connectivity index (χ3n) is 3.36. The lowest BCUT2D eigenvalue weighted by Crippen LogP contribution is -2.57. The Kier molecular flexibility index (Phi) is 5.34. The number of rotatable bonds is 4. The van der Waals surface area contributed by atoms with Crippen LogP contribution < -0.4 is 26.3 Å². The summed E-state index contributed by atoms with van der Waals surface area (Å²) < 4.78 is 11.3. The molecule has 2 rings (SSSR count). The minimum atomic E-state index is -1.50. The summed E-state index contributed by atoms with van der Waals surface area (Å²) in [6, 6.07) is 3.56. The lowest BCUT2D eigenvalue weighted by molar-refractivity contribution is 0.0603. The predicted molar refractivity (Wildman–Crippen MR) is 92.5 cm³/mol. The number of ether oxygens (including phenoxy) is 2. The van der Waals surface area contributed by atoms with E-state index in [9.17, 15) is 0 Å². The maximum Gasteiger partial charge on any atom is 0.342 e. The number of nitrogens with one attached hydrogen (secondary N) is 1. The van der Waals surface area contributed by atoms with Crippen molar-refractivity contribution in [1.29, 1.82) is 0 Å². The first-order chi connectivity index (χ1) is 11.4. The van der Waals surface area contributed by atoms with E-state index in [0.29, 0.717) is 17.1 Å². The van der Waals surface area contributed by atoms with Gasteiger partial charge in [-0.25, -0.2) is 0 Å². The van der Waals surface area contributed by atoms with Crippen LogP contribution in [0, 0.1) is 11.8 Å². The Hall–Kier alpha value is -2.69. The molecule has 0 bridgehead atoms. The highest BCUT2D eigenvalue weighted by atomic mass is 16.5.